The van der Waals surface area contributed by atoms with Crippen LogP contribution >= 0.6 is 27.3 Å². The maximum atomic E-state index is 13.0. The number of carbonyl (C=O) groups excluding carboxylic acids is 2. The number of anilines is 1. The molecule has 28 heavy (non-hydrogen) atoms. The minimum absolute atomic E-state index is 0.120. The minimum Gasteiger partial charge on any atom is -0.497 e. The van der Waals surface area contributed by atoms with E-state index in [9.17, 15) is 9.59 Å². The van der Waals surface area contributed by atoms with Gasteiger partial charge in [-0.2, -0.15) is 0 Å². The third kappa shape index (κ3) is 4.00. The lowest BCUT2D eigenvalue weighted by atomic mass is 10.1. The van der Waals surface area contributed by atoms with Gasteiger partial charge in [0.15, 0.2) is 0 Å². The first-order valence-electron chi connectivity index (χ1n) is 9.26. The van der Waals surface area contributed by atoms with Crippen LogP contribution in [0.3, 0.4) is 0 Å². The number of methoxy groups -OCH3 is 1. The first-order chi connectivity index (χ1) is 13.5. The van der Waals surface area contributed by atoms with Crippen LogP contribution in [0.5, 0.6) is 5.75 Å². The van der Waals surface area contributed by atoms with E-state index in [1.54, 1.807) is 42.7 Å². The zero-order valence-corrected chi connectivity index (χ0v) is 18.0. The predicted molar refractivity (Wildman–Crippen MR) is 113 cm³/mol. The number of hydrogen-bond acceptors (Lipinski definition) is 6. The summed E-state index contributed by atoms with van der Waals surface area (Å²) in [6, 6.07) is 10.9. The van der Waals surface area contributed by atoms with E-state index >= 15 is 0 Å². The Hall–Kier alpha value is -1.74. The highest BCUT2D eigenvalue weighted by atomic mass is 79.9. The lowest BCUT2D eigenvalue weighted by Gasteiger charge is -2.36. The highest BCUT2D eigenvalue weighted by Crippen LogP contribution is 2.28. The average molecular weight is 464 g/mol. The van der Waals surface area contributed by atoms with Crippen LogP contribution in [0.15, 0.2) is 40.2 Å². The van der Waals surface area contributed by atoms with Gasteiger partial charge in [0.05, 0.1) is 29.0 Å². The summed E-state index contributed by atoms with van der Waals surface area (Å²) in [4.78, 5) is 32.7. The normalized spacial score (nSPS) is 21.5. The Bertz CT molecular complexity index is 862. The van der Waals surface area contributed by atoms with Crippen molar-refractivity contribution in [2.75, 3.05) is 38.2 Å². The Morgan fingerprint density at radius 3 is 2.39 bits per heavy atom. The van der Waals surface area contributed by atoms with E-state index in [1.807, 2.05) is 0 Å². The summed E-state index contributed by atoms with van der Waals surface area (Å²) in [5.74, 6) is 0.449. The van der Waals surface area contributed by atoms with E-state index in [2.05, 4.69) is 37.9 Å². The number of rotatable bonds is 5. The summed E-state index contributed by atoms with van der Waals surface area (Å²) in [5.41, 5.74) is 0.611. The number of piperazine rings is 1. The molecule has 1 atom stereocenters. The zero-order valence-electron chi connectivity index (χ0n) is 15.6. The lowest BCUT2D eigenvalue weighted by Crippen LogP contribution is -2.52. The number of halogens is 1. The smallest absolute Gasteiger partial charge is 0.251 e. The van der Waals surface area contributed by atoms with Crippen LogP contribution < -0.4 is 9.64 Å². The molecule has 0 aliphatic carbocycles. The molecule has 0 radical (unpaired) electrons. The Kier molecular flexibility index (Phi) is 5.82. The maximum absolute atomic E-state index is 13.0. The first-order valence-corrected chi connectivity index (χ1v) is 10.9. The second-order valence-corrected chi connectivity index (χ2v) is 9.55. The SMILES string of the molecule is COc1ccc(N2C(=O)C[C@H](N3CCN(Cc4ccc(Br)s4)CC3)C2=O)cc1. The molecule has 0 unspecified atom stereocenters. The van der Waals surface area contributed by atoms with Crippen LogP contribution in [-0.2, 0) is 16.1 Å². The van der Waals surface area contributed by atoms with Gasteiger partial charge in [0, 0.05) is 37.6 Å². The van der Waals surface area contributed by atoms with Gasteiger partial charge >= 0.3 is 0 Å². The number of ether oxygens (including phenoxy) is 1. The fourth-order valence-corrected chi connectivity index (χ4v) is 5.32. The predicted octanol–water partition coefficient (Wildman–Crippen LogP) is 2.97. The summed E-state index contributed by atoms with van der Waals surface area (Å²) in [6.07, 6.45) is 0.253. The summed E-state index contributed by atoms with van der Waals surface area (Å²) in [6.45, 7) is 4.32. The summed E-state index contributed by atoms with van der Waals surface area (Å²) in [5, 5.41) is 0. The van der Waals surface area contributed by atoms with Gasteiger partial charge in [-0.15, -0.1) is 11.3 Å². The van der Waals surface area contributed by atoms with Gasteiger partial charge in [0.1, 0.15) is 5.75 Å². The van der Waals surface area contributed by atoms with Crippen molar-refractivity contribution in [2.24, 2.45) is 0 Å². The lowest BCUT2D eigenvalue weighted by molar-refractivity contribution is -0.123. The molecule has 2 aliphatic heterocycles. The van der Waals surface area contributed by atoms with Gasteiger partial charge in [-0.25, -0.2) is 4.90 Å². The van der Waals surface area contributed by atoms with Crippen molar-refractivity contribution in [1.82, 2.24) is 9.80 Å². The molecule has 3 heterocycles. The van der Waals surface area contributed by atoms with E-state index in [-0.39, 0.29) is 24.3 Å². The number of thiophene rings is 1. The second-order valence-electron chi connectivity index (χ2n) is 7.00. The molecular weight excluding hydrogens is 442 g/mol. The summed E-state index contributed by atoms with van der Waals surface area (Å²) < 4.78 is 6.30. The van der Waals surface area contributed by atoms with Crippen molar-refractivity contribution in [3.8, 4) is 5.75 Å². The molecule has 2 amide bonds. The molecule has 0 spiro atoms. The molecule has 0 bridgehead atoms. The van der Waals surface area contributed by atoms with Gasteiger partial charge < -0.3 is 4.74 Å². The van der Waals surface area contributed by atoms with E-state index in [0.717, 1.165) is 36.5 Å². The molecular formula is C20H22BrN3O3S. The van der Waals surface area contributed by atoms with Gasteiger partial charge in [-0.05, 0) is 52.3 Å². The zero-order chi connectivity index (χ0) is 19.7. The molecule has 6 nitrogen and oxygen atoms in total. The first kappa shape index (κ1) is 19.6. The highest BCUT2D eigenvalue weighted by Gasteiger charge is 2.43. The van der Waals surface area contributed by atoms with Crippen LogP contribution in [0, 0.1) is 0 Å². The molecule has 4 rings (SSSR count). The summed E-state index contributed by atoms with van der Waals surface area (Å²) >= 11 is 5.26. The Morgan fingerprint density at radius 2 is 1.79 bits per heavy atom. The third-order valence-electron chi connectivity index (χ3n) is 5.31. The number of benzene rings is 1. The monoisotopic (exact) mass is 463 g/mol. The number of hydrogen-bond donors (Lipinski definition) is 0. The fourth-order valence-electron chi connectivity index (χ4n) is 3.79. The van der Waals surface area contributed by atoms with Crippen LogP contribution in [-0.4, -0.2) is 60.9 Å². The largest absolute Gasteiger partial charge is 0.497 e. The number of nitrogens with zero attached hydrogens (tertiary/aromatic N) is 3. The molecule has 2 saturated heterocycles. The van der Waals surface area contributed by atoms with Crippen LogP contribution in [0.2, 0.25) is 0 Å². The van der Waals surface area contributed by atoms with Gasteiger partial charge in [-0.3, -0.25) is 19.4 Å². The molecule has 8 heteroatoms. The van der Waals surface area contributed by atoms with Crippen molar-refractivity contribution >= 4 is 44.8 Å². The van der Waals surface area contributed by atoms with Gasteiger partial charge in [0.2, 0.25) is 5.91 Å². The maximum Gasteiger partial charge on any atom is 0.251 e. The molecule has 0 N–H and O–H groups in total. The fraction of sp³-hybridized carbons (Fsp3) is 0.400. The molecule has 1 aromatic heterocycles. The van der Waals surface area contributed by atoms with Crippen molar-refractivity contribution in [1.29, 1.82) is 0 Å². The van der Waals surface area contributed by atoms with Crippen molar-refractivity contribution in [2.45, 2.75) is 19.0 Å². The second kappa shape index (κ2) is 8.32. The number of amides is 2. The van der Waals surface area contributed by atoms with Gasteiger partial charge in [0.25, 0.3) is 5.91 Å². The van der Waals surface area contributed by atoms with E-state index in [4.69, 9.17) is 4.74 Å². The van der Waals surface area contributed by atoms with E-state index in [1.165, 1.54) is 9.78 Å². The summed E-state index contributed by atoms with van der Waals surface area (Å²) in [7, 11) is 1.59. The van der Waals surface area contributed by atoms with Crippen molar-refractivity contribution < 1.29 is 14.3 Å². The average Bonchev–Trinajstić information content (AvgIpc) is 3.25. The number of imide groups is 1. The van der Waals surface area contributed by atoms with E-state index < -0.39 is 0 Å². The highest BCUT2D eigenvalue weighted by molar-refractivity contribution is 9.11. The molecule has 0 saturated carbocycles. The quantitative estimate of drug-likeness (QED) is 0.637. The van der Waals surface area contributed by atoms with Crippen LogP contribution in [0.4, 0.5) is 5.69 Å². The number of carbonyl (C=O) groups is 2. The molecule has 148 valence electrons. The molecule has 2 aromatic rings. The van der Waals surface area contributed by atoms with Crippen molar-refractivity contribution in [3.05, 3.63) is 45.1 Å². The van der Waals surface area contributed by atoms with Gasteiger partial charge in [-0.1, -0.05) is 0 Å². The third-order valence-corrected chi connectivity index (χ3v) is 6.92. The Labute approximate surface area is 176 Å². The molecule has 2 fully saturated rings. The minimum atomic E-state index is -0.354. The Morgan fingerprint density at radius 1 is 1.07 bits per heavy atom. The van der Waals surface area contributed by atoms with Crippen LogP contribution in [0.25, 0.3) is 0 Å². The van der Waals surface area contributed by atoms with Crippen LogP contribution in [0.1, 0.15) is 11.3 Å². The molecule has 1 aromatic carbocycles. The molecule has 2 aliphatic rings. The topological polar surface area (TPSA) is 53.1 Å². The van der Waals surface area contributed by atoms with Crippen molar-refractivity contribution in [3.63, 3.8) is 0 Å². The Balaban J connectivity index is 1.37. The van der Waals surface area contributed by atoms with E-state index in [0.29, 0.717) is 11.4 Å². The standard InChI is InChI=1S/C20H22BrN3O3S/c1-27-15-4-2-14(3-5-15)24-19(25)12-17(20(24)26)23-10-8-22(9-11-23)13-16-6-7-18(21)28-16/h2-7,17H,8-13H2,1H3/t17-/m0/s1.